The van der Waals surface area contributed by atoms with Gasteiger partial charge in [-0.25, -0.2) is 9.37 Å². The van der Waals surface area contributed by atoms with E-state index in [4.69, 9.17) is 11.6 Å². The van der Waals surface area contributed by atoms with Gasteiger partial charge in [0.1, 0.15) is 11.6 Å². The fraction of sp³-hybridized carbons (Fsp3) is 0.167. The van der Waals surface area contributed by atoms with Crippen LogP contribution in [0.4, 0.5) is 15.9 Å². The summed E-state index contributed by atoms with van der Waals surface area (Å²) in [5.74, 6) is 0.321. The Balaban J connectivity index is 2.40. The highest BCUT2D eigenvalue weighted by Crippen LogP contribution is 2.31. The van der Waals surface area contributed by atoms with Crippen molar-refractivity contribution in [3.05, 3.63) is 40.0 Å². The standard InChI is InChI=1S/C12H11BrClFN3P/c1-19(2)10-5-7(15)3-4-9(10)17-11-8(13)6-16-12(14)18-11/h3-6H,1-2H3,(H,16,17,18). The summed E-state index contributed by atoms with van der Waals surface area (Å²) >= 11 is 9.12. The maximum absolute atomic E-state index is 13.3. The zero-order valence-electron chi connectivity index (χ0n) is 10.3. The zero-order chi connectivity index (χ0) is 14.0. The molecule has 2 rings (SSSR count). The molecule has 0 aliphatic heterocycles. The van der Waals surface area contributed by atoms with E-state index in [9.17, 15) is 4.39 Å². The van der Waals surface area contributed by atoms with E-state index >= 15 is 0 Å². The SMILES string of the molecule is CP(C)c1cc(F)ccc1Nc1nc(Cl)ncc1Br. The van der Waals surface area contributed by atoms with Crippen molar-refractivity contribution in [1.82, 2.24) is 9.97 Å². The first kappa shape index (κ1) is 14.6. The Labute approximate surface area is 125 Å². The van der Waals surface area contributed by atoms with Gasteiger partial charge in [0.05, 0.1) is 4.47 Å². The molecule has 0 spiro atoms. The Hall–Kier alpha value is -0.770. The van der Waals surface area contributed by atoms with Crippen LogP contribution in [0, 0.1) is 5.82 Å². The van der Waals surface area contributed by atoms with Gasteiger partial charge in [-0.1, -0.05) is 7.92 Å². The van der Waals surface area contributed by atoms with Crippen molar-refractivity contribution in [2.75, 3.05) is 18.6 Å². The van der Waals surface area contributed by atoms with Gasteiger partial charge < -0.3 is 5.32 Å². The van der Waals surface area contributed by atoms with Crippen LogP contribution in [0.15, 0.2) is 28.9 Å². The molecular weight excluding hydrogens is 351 g/mol. The number of hydrogen-bond acceptors (Lipinski definition) is 3. The summed E-state index contributed by atoms with van der Waals surface area (Å²) in [7, 11) is -0.440. The molecule has 0 saturated carbocycles. The predicted octanol–water partition coefficient (Wildman–Crippen LogP) is 4.14. The van der Waals surface area contributed by atoms with Crippen LogP contribution in [0.5, 0.6) is 0 Å². The third-order valence-corrected chi connectivity index (χ3v) is 4.51. The largest absolute Gasteiger partial charge is 0.339 e. The molecule has 3 nitrogen and oxygen atoms in total. The third kappa shape index (κ3) is 3.62. The maximum atomic E-state index is 13.3. The van der Waals surface area contributed by atoms with Crippen molar-refractivity contribution in [2.45, 2.75) is 0 Å². The number of rotatable bonds is 3. The molecule has 0 fully saturated rings. The van der Waals surface area contributed by atoms with Gasteiger partial charge in [0.15, 0.2) is 0 Å². The summed E-state index contributed by atoms with van der Waals surface area (Å²) in [5, 5.41) is 4.26. The summed E-state index contributed by atoms with van der Waals surface area (Å²) in [6, 6.07) is 4.67. The third-order valence-electron chi connectivity index (χ3n) is 2.41. The van der Waals surface area contributed by atoms with E-state index in [-0.39, 0.29) is 11.1 Å². The first-order chi connectivity index (χ1) is 8.97. The van der Waals surface area contributed by atoms with Crippen LogP contribution in [0.25, 0.3) is 0 Å². The molecule has 1 N–H and O–H groups in total. The summed E-state index contributed by atoms with van der Waals surface area (Å²) in [5.41, 5.74) is 0.827. The lowest BCUT2D eigenvalue weighted by molar-refractivity contribution is 0.629. The van der Waals surface area contributed by atoms with E-state index in [2.05, 4.69) is 44.5 Å². The molecule has 0 aliphatic carbocycles. The average molecular weight is 363 g/mol. The molecule has 1 aromatic heterocycles. The molecule has 100 valence electrons. The van der Waals surface area contributed by atoms with Crippen LogP contribution < -0.4 is 10.6 Å². The molecule has 0 bridgehead atoms. The van der Waals surface area contributed by atoms with Gasteiger partial charge in [-0.2, -0.15) is 4.98 Å². The van der Waals surface area contributed by atoms with Crippen molar-refractivity contribution in [3.8, 4) is 0 Å². The fourth-order valence-electron chi connectivity index (χ4n) is 1.54. The number of nitrogens with zero attached hydrogens (tertiary/aromatic N) is 2. The van der Waals surface area contributed by atoms with Gasteiger partial charge in [0.2, 0.25) is 5.28 Å². The summed E-state index contributed by atoms with van der Waals surface area (Å²) in [6.07, 6.45) is 1.57. The van der Waals surface area contributed by atoms with Crippen molar-refractivity contribution in [2.24, 2.45) is 0 Å². The molecule has 0 amide bonds. The topological polar surface area (TPSA) is 37.8 Å². The van der Waals surface area contributed by atoms with Crippen molar-refractivity contribution in [3.63, 3.8) is 0 Å². The molecule has 0 unspecified atom stereocenters. The second-order valence-corrected chi connectivity index (χ2v) is 7.48. The first-order valence-corrected chi connectivity index (χ1v) is 8.80. The van der Waals surface area contributed by atoms with Gasteiger partial charge >= 0.3 is 0 Å². The minimum Gasteiger partial charge on any atom is -0.339 e. The van der Waals surface area contributed by atoms with E-state index in [0.717, 1.165) is 11.0 Å². The molecule has 0 atom stereocenters. The van der Waals surface area contributed by atoms with Crippen LogP contribution >= 0.6 is 35.5 Å². The van der Waals surface area contributed by atoms with Gasteiger partial charge in [-0.15, -0.1) is 0 Å². The lowest BCUT2D eigenvalue weighted by atomic mass is 10.3. The van der Waals surface area contributed by atoms with Crippen LogP contribution in [0.3, 0.4) is 0 Å². The number of aromatic nitrogens is 2. The summed E-state index contributed by atoms with van der Waals surface area (Å²) in [6.45, 7) is 4.13. The Morgan fingerprint density at radius 3 is 2.79 bits per heavy atom. The Kier molecular flexibility index (Phi) is 4.71. The van der Waals surface area contributed by atoms with Crippen LogP contribution in [-0.2, 0) is 0 Å². The van der Waals surface area contributed by atoms with Gasteiger partial charge in [-0.3, -0.25) is 0 Å². The molecule has 0 aliphatic rings. The number of nitrogens with one attached hydrogen (secondary N) is 1. The molecule has 1 aromatic carbocycles. The number of anilines is 2. The van der Waals surface area contributed by atoms with Crippen LogP contribution in [-0.4, -0.2) is 23.3 Å². The minimum absolute atomic E-state index is 0.157. The van der Waals surface area contributed by atoms with Crippen molar-refractivity contribution in [1.29, 1.82) is 0 Å². The Bertz CT molecular complexity index is 610. The normalized spacial score (nSPS) is 10.8. The molecule has 1 heterocycles. The Morgan fingerprint density at radius 1 is 1.37 bits per heavy atom. The quantitative estimate of drug-likeness (QED) is 0.659. The maximum Gasteiger partial charge on any atom is 0.224 e. The van der Waals surface area contributed by atoms with Crippen molar-refractivity contribution >= 4 is 52.3 Å². The molecule has 0 saturated heterocycles. The second kappa shape index (κ2) is 6.12. The zero-order valence-corrected chi connectivity index (χ0v) is 13.5. The summed E-state index contributed by atoms with van der Waals surface area (Å²) in [4.78, 5) is 7.96. The highest BCUT2D eigenvalue weighted by atomic mass is 79.9. The lowest BCUT2D eigenvalue weighted by Gasteiger charge is -2.15. The highest BCUT2D eigenvalue weighted by Gasteiger charge is 2.11. The van der Waals surface area contributed by atoms with E-state index in [0.29, 0.717) is 10.3 Å². The highest BCUT2D eigenvalue weighted by molar-refractivity contribution is 9.10. The second-order valence-electron chi connectivity index (χ2n) is 4.02. The van der Waals surface area contributed by atoms with Crippen LogP contribution in [0.1, 0.15) is 0 Å². The average Bonchev–Trinajstić information content (AvgIpc) is 2.35. The molecule has 19 heavy (non-hydrogen) atoms. The Morgan fingerprint density at radius 2 is 2.11 bits per heavy atom. The molecular formula is C12H11BrClFN3P. The van der Waals surface area contributed by atoms with E-state index < -0.39 is 7.92 Å². The number of halogens is 3. The fourth-order valence-corrected chi connectivity index (χ4v) is 2.96. The molecule has 0 radical (unpaired) electrons. The van der Waals surface area contributed by atoms with Gasteiger partial charge in [-0.05, 0) is 59.1 Å². The van der Waals surface area contributed by atoms with E-state index in [1.165, 1.54) is 6.07 Å². The monoisotopic (exact) mass is 361 g/mol. The molecule has 7 heteroatoms. The van der Waals surface area contributed by atoms with Gasteiger partial charge in [0.25, 0.3) is 0 Å². The van der Waals surface area contributed by atoms with E-state index in [1.54, 1.807) is 18.3 Å². The lowest BCUT2D eigenvalue weighted by Crippen LogP contribution is -2.09. The van der Waals surface area contributed by atoms with Crippen molar-refractivity contribution < 1.29 is 4.39 Å². The predicted molar refractivity (Wildman–Crippen MR) is 82.8 cm³/mol. The first-order valence-electron chi connectivity index (χ1n) is 5.39. The van der Waals surface area contributed by atoms with E-state index in [1.807, 2.05) is 0 Å². The van der Waals surface area contributed by atoms with Gasteiger partial charge in [0, 0.05) is 17.2 Å². The minimum atomic E-state index is -0.440. The van der Waals surface area contributed by atoms with Crippen LogP contribution in [0.2, 0.25) is 5.28 Å². The molecule has 2 aromatic rings. The summed E-state index contributed by atoms with van der Waals surface area (Å²) < 4.78 is 14.0. The number of benzene rings is 1. The smallest absolute Gasteiger partial charge is 0.224 e. The number of hydrogen-bond donors (Lipinski definition) is 1.